The van der Waals surface area contributed by atoms with E-state index in [1.54, 1.807) is 4.90 Å². The minimum Gasteiger partial charge on any atom is -0.326 e. The van der Waals surface area contributed by atoms with Gasteiger partial charge in [-0.05, 0) is 48.2 Å². The fraction of sp³-hybridized carbons (Fsp3) is 0.200. The number of carbonyl (C=O) groups excluding carboxylic acids is 2. The Morgan fingerprint density at radius 2 is 1.73 bits per heavy atom. The molecule has 0 unspecified atom stereocenters. The van der Waals surface area contributed by atoms with E-state index in [0.29, 0.717) is 18.7 Å². The highest BCUT2D eigenvalue weighted by atomic mass is 16.2. The van der Waals surface area contributed by atoms with Gasteiger partial charge in [0.2, 0.25) is 5.91 Å². The highest BCUT2D eigenvalue weighted by Crippen LogP contribution is 2.28. The first kappa shape index (κ1) is 19.7. The summed E-state index contributed by atoms with van der Waals surface area (Å²) < 4.78 is 0. The molecule has 0 spiro atoms. The van der Waals surface area contributed by atoms with E-state index >= 15 is 0 Å². The van der Waals surface area contributed by atoms with Crippen LogP contribution in [0.5, 0.6) is 0 Å². The predicted octanol–water partition coefficient (Wildman–Crippen LogP) is 4.32. The second-order valence-corrected chi connectivity index (χ2v) is 7.58. The largest absolute Gasteiger partial charge is 0.326 e. The fourth-order valence-corrected chi connectivity index (χ4v) is 3.85. The van der Waals surface area contributed by atoms with Crippen molar-refractivity contribution >= 4 is 23.3 Å². The van der Waals surface area contributed by atoms with E-state index in [0.717, 1.165) is 28.8 Å². The molecule has 2 N–H and O–H groups in total. The molecule has 0 aromatic heterocycles. The zero-order valence-electron chi connectivity index (χ0n) is 17.0. The lowest BCUT2D eigenvalue weighted by molar-refractivity contribution is -0.120. The molecule has 5 nitrogen and oxygen atoms in total. The molecule has 0 fully saturated rings. The van der Waals surface area contributed by atoms with Crippen LogP contribution < -0.4 is 15.5 Å². The molecule has 0 bridgehead atoms. The van der Waals surface area contributed by atoms with Crippen LogP contribution in [0.2, 0.25) is 0 Å². The Balaban J connectivity index is 1.53. The molecule has 1 atom stereocenters. The van der Waals surface area contributed by atoms with Gasteiger partial charge in [0, 0.05) is 24.3 Å². The normalized spacial score (nSPS) is 13.4. The van der Waals surface area contributed by atoms with Crippen molar-refractivity contribution in [2.75, 3.05) is 16.8 Å². The molecule has 30 heavy (non-hydrogen) atoms. The summed E-state index contributed by atoms with van der Waals surface area (Å²) in [5.41, 5.74) is 4.84. The van der Waals surface area contributed by atoms with E-state index in [9.17, 15) is 9.59 Å². The van der Waals surface area contributed by atoms with Crippen LogP contribution in [-0.4, -0.2) is 24.5 Å². The van der Waals surface area contributed by atoms with Gasteiger partial charge in [-0.25, -0.2) is 4.79 Å². The summed E-state index contributed by atoms with van der Waals surface area (Å²) in [6.07, 6.45) is 1.26. The highest BCUT2D eigenvalue weighted by Gasteiger charge is 2.31. The molecule has 5 heteroatoms. The molecule has 3 amide bonds. The van der Waals surface area contributed by atoms with Crippen molar-refractivity contribution in [1.82, 2.24) is 5.32 Å². The van der Waals surface area contributed by atoms with E-state index in [2.05, 4.69) is 10.6 Å². The number of fused-ring (bicyclic) bond motifs is 1. The van der Waals surface area contributed by atoms with Crippen molar-refractivity contribution in [1.29, 1.82) is 0 Å². The van der Waals surface area contributed by atoms with Crippen LogP contribution in [0.25, 0.3) is 0 Å². The summed E-state index contributed by atoms with van der Waals surface area (Å²) in [5.74, 6) is -0.0943. The molecule has 4 rings (SSSR count). The number of hydrogen-bond acceptors (Lipinski definition) is 2. The lowest BCUT2D eigenvalue weighted by atomic mass is 10.0. The molecular formula is C25H25N3O2. The SMILES string of the molecule is Cc1cccc(NC(=O)N[C@H](Cc2ccccc2)C(=O)N2CCc3ccccc32)c1. The summed E-state index contributed by atoms with van der Waals surface area (Å²) in [6, 6.07) is 24.2. The second kappa shape index (κ2) is 8.82. The summed E-state index contributed by atoms with van der Waals surface area (Å²) in [4.78, 5) is 27.9. The van der Waals surface area contributed by atoms with Gasteiger partial charge in [-0.2, -0.15) is 0 Å². The molecule has 152 valence electrons. The molecule has 1 heterocycles. The third-order valence-corrected chi connectivity index (χ3v) is 5.32. The maximum Gasteiger partial charge on any atom is 0.319 e. The monoisotopic (exact) mass is 399 g/mol. The van der Waals surface area contributed by atoms with Crippen LogP contribution in [0.1, 0.15) is 16.7 Å². The maximum atomic E-state index is 13.4. The maximum absolute atomic E-state index is 13.4. The average Bonchev–Trinajstić information content (AvgIpc) is 3.18. The molecule has 0 radical (unpaired) electrons. The summed E-state index contributed by atoms with van der Waals surface area (Å²) in [6.45, 7) is 2.60. The van der Waals surface area contributed by atoms with Gasteiger partial charge in [-0.3, -0.25) is 4.79 Å². The molecule has 3 aromatic carbocycles. The van der Waals surface area contributed by atoms with Crippen LogP contribution in [0.15, 0.2) is 78.9 Å². The molecule has 1 aliphatic rings. The first-order chi connectivity index (χ1) is 14.6. The number of hydrogen-bond donors (Lipinski definition) is 2. The van der Waals surface area contributed by atoms with E-state index in [1.165, 1.54) is 0 Å². The van der Waals surface area contributed by atoms with Crippen molar-refractivity contribution in [2.24, 2.45) is 0 Å². The van der Waals surface area contributed by atoms with E-state index in [-0.39, 0.29) is 11.9 Å². The van der Waals surface area contributed by atoms with Crippen molar-refractivity contribution in [3.05, 3.63) is 95.6 Å². The van der Waals surface area contributed by atoms with Gasteiger partial charge in [-0.1, -0.05) is 60.7 Å². The van der Waals surface area contributed by atoms with Gasteiger partial charge in [0.15, 0.2) is 0 Å². The third kappa shape index (κ3) is 4.51. The molecule has 0 saturated heterocycles. The number of amides is 3. The molecule has 3 aromatic rings. The van der Waals surface area contributed by atoms with Gasteiger partial charge < -0.3 is 15.5 Å². The smallest absolute Gasteiger partial charge is 0.319 e. The molecule has 0 aliphatic carbocycles. The highest BCUT2D eigenvalue weighted by molar-refractivity contribution is 6.02. The average molecular weight is 399 g/mol. The minimum atomic E-state index is -0.664. The van der Waals surface area contributed by atoms with Crippen molar-refractivity contribution in [3.63, 3.8) is 0 Å². The molecular weight excluding hydrogens is 374 g/mol. The lowest BCUT2D eigenvalue weighted by Gasteiger charge is -2.25. The van der Waals surface area contributed by atoms with Gasteiger partial charge >= 0.3 is 6.03 Å². The molecule has 0 saturated carbocycles. The van der Waals surface area contributed by atoms with Crippen LogP contribution in [0, 0.1) is 6.92 Å². The van der Waals surface area contributed by atoms with Crippen molar-refractivity contribution in [3.8, 4) is 0 Å². The second-order valence-electron chi connectivity index (χ2n) is 7.58. The van der Waals surface area contributed by atoms with Gasteiger partial charge in [0.1, 0.15) is 6.04 Å². The summed E-state index contributed by atoms with van der Waals surface area (Å²) >= 11 is 0. The Kier molecular flexibility index (Phi) is 5.80. The van der Waals surface area contributed by atoms with Crippen LogP contribution in [-0.2, 0) is 17.6 Å². The Labute approximate surface area is 176 Å². The standard InChI is InChI=1S/C25H25N3O2/c1-18-8-7-12-21(16-18)26-25(30)27-22(17-19-9-3-2-4-10-19)24(29)28-15-14-20-11-5-6-13-23(20)28/h2-13,16,22H,14-15,17H2,1H3,(H2,26,27,30)/t22-/m1/s1. The number of nitrogens with zero attached hydrogens (tertiary/aromatic N) is 1. The number of benzene rings is 3. The first-order valence-electron chi connectivity index (χ1n) is 10.2. The van der Waals surface area contributed by atoms with E-state index in [1.807, 2.05) is 85.8 Å². The Morgan fingerprint density at radius 3 is 2.53 bits per heavy atom. The fourth-order valence-electron chi connectivity index (χ4n) is 3.85. The van der Waals surface area contributed by atoms with Crippen LogP contribution >= 0.6 is 0 Å². The summed E-state index contributed by atoms with van der Waals surface area (Å²) in [7, 11) is 0. The topological polar surface area (TPSA) is 61.4 Å². The van der Waals surface area contributed by atoms with Gasteiger partial charge in [0.05, 0.1) is 0 Å². The predicted molar refractivity (Wildman–Crippen MR) is 120 cm³/mol. The number of rotatable bonds is 5. The Hall–Kier alpha value is -3.60. The van der Waals surface area contributed by atoms with Gasteiger partial charge in [-0.15, -0.1) is 0 Å². The quantitative estimate of drug-likeness (QED) is 0.671. The first-order valence-corrected chi connectivity index (χ1v) is 10.2. The Morgan fingerprint density at radius 1 is 0.967 bits per heavy atom. The molecule has 1 aliphatic heterocycles. The van der Waals surface area contributed by atoms with Crippen molar-refractivity contribution < 1.29 is 9.59 Å². The Bertz CT molecular complexity index is 1050. The zero-order valence-corrected chi connectivity index (χ0v) is 17.0. The number of anilines is 2. The van der Waals surface area contributed by atoms with Crippen LogP contribution in [0.4, 0.5) is 16.2 Å². The number of para-hydroxylation sites is 1. The van der Waals surface area contributed by atoms with Crippen molar-refractivity contribution in [2.45, 2.75) is 25.8 Å². The zero-order chi connectivity index (χ0) is 20.9. The number of urea groups is 1. The number of aryl methyl sites for hydroxylation is 1. The minimum absolute atomic E-state index is 0.0943. The van der Waals surface area contributed by atoms with E-state index in [4.69, 9.17) is 0 Å². The third-order valence-electron chi connectivity index (χ3n) is 5.32. The van der Waals surface area contributed by atoms with Gasteiger partial charge in [0.25, 0.3) is 0 Å². The number of nitrogens with one attached hydrogen (secondary N) is 2. The lowest BCUT2D eigenvalue weighted by Crippen LogP contribution is -2.50. The van der Waals surface area contributed by atoms with Crippen LogP contribution in [0.3, 0.4) is 0 Å². The van der Waals surface area contributed by atoms with E-state index < -0.39 is 6.04 Å². The summed E-state index contributed by atoms with van der Waals surface area (Å²) in [5, 5.41) is 5.74. The number of carbonyl (C=O) groups is 2.